The van der Waals surface area contributed by atoms with Gasteiger partial charge in [0.25, 0.3) is 0 Å². The first kappa shape index (κ1) is 16.6. The lowest BCUT2D eigenvalue weighted by molar-refractivity contribution is 0.663. The third kappa shape index (κ3) is 4.35. The van der Waals surface area contributed by atoms with E-state index >= 15 is 0 Å². The van der Waals surface area contributed by atoms with Gasteiger partial charge in [0, 0.05) is 25.7 Å². The van der Waals surface area contributed by atoms with Crippen molar-refractivity contribution in [3.8, 4) is 0 Å². The Balaban J connectivity index is 2.21. The van der Waals surface area contributed by atoms with E-state index in [0.717, 1.165) is 12.8 Å². The Labute approximate surface area is 138 Å². The van der Waals surface area contributed by atoms with Crippen molar-refractivity contribution in [2.75, 3.05) is 20.0 Å². The summed E-state index contributed by atoms with van der Waals surface area (Å²) in [6, 6.07) is 8.72. The highest BCUT2D eigenvalue weighted by Gasteiger charge is 2.08. The van der Waals surface area contributed by atoms with Crippen LogP contribution in [0.15, 0.2) is 58.8 Å². The molecule has 0 aromatic heterocycles. The largest absolute Gasteiger partial charge is 0.336 e. The Morgan fingerprint density at radius 1 is 1.23 bits per heavy atom. The predicted octanol–water partition coefficient (Wildman–Crippen LogP) is 4.68. The van der Waals surface area contributed by atoms with Gasteiger partial charge in [-0.25, -0.2) is 0 Å². The van der Waals surface area contributed by atoms with Gasteiger partial charge in [0.1, 0.15) is 0 Å². The second kappa shape index (κ2) is 8.00. The second-order valence-corrected chi connectivity index (χ2v) is 5.89. The van der Waals surface area contributed by atoms with Gasteiger partial charge in [-0.3, -0.25) is 4.99 Å². The molecule has 2 nitrogen and oxygen atoms in total. The van der Waals surface area contributed by atoms with Crippen molar-refractivity contribution in [3.63, 3.8) is 0 Å². The maximum absolute atomic E-state index is 5.79. The number of rotatable bonds is 5. The van der Waals surface area contributed by atoms with Gasteiger partial charge in [0.2, 0.25) is 0 Å². The molecule has 22 heavy (non-hydrogen) atoms. The molecule has 0 atom stereocenters. The SMILES string of the molecule is CN=CN(C)C1=CCC(c2ccc(CCCl)cc2)=CC(C)=C1. The maximum atomic E-state index is 5.79. The maximum Gasteiger partial charge on any atom is 0.0888 e. The van der Waals surface area contributed by atoms with E-state index in [9.17, 15) is 0 Å². The highest BCUT2D eigenvalue weighted by molar-refractivity contribution is 6.17. The molecule has 0 aliphatic heterocycles. The number of allylic oxidation sites excluding steroid dienone is 5. The van der Waals surface area contributed by atoms with Gasteiger partial charge in [-0.2, -0.15) is 0 Å². The Morgan fingerprint density at radius 3 is 2.59 bits per heavy atom. The molecule has 0 saturated heterocycles. The molecular weight excluding hydrogens is 292 g/mol. The summed E-state index contributed by atoms with van der Waals surface area (Å²) in [6.07, 6.45) is 10.4. The van der Waals surface area contributed by atoms with Crippen LogP contribution < -0.4 is 0 Å². The van der Waals surface area contributed by atoms with Crippen LogP contribution in [-0.4, -0.2) is 31.2 Å². The van der Waals surface area contributed by atoms with E-state index < -0.39 is 0 Å². The van der Waals surface area contributed by atoms with Crippen molar-refractivity contribution in [3.05, 3.63) is 64.9 Å². The summed E-state index contributed by atoms with van der Waals surface area (Å²) in [4.78, 5) is 6.12. The lowest BCUT2D eigenvalue weighted by Gasteiger charge is -2.14. The Morgan fingerprint density at radius 2 is 1.95 bits per heavy atom. The molecule has 116 valence electrons. The van der Waals surface area contributed by atoms with E-state index in [4.69, 9.17) is 11.6 Å². The van der Waals surface area contributed by atoms with Crippen molar-refractivity contribution >= 4 is 23.5 Å². The number of halogens is 1. The predicted molar refractivity (Wildman–Crippen MR) is 97.5 cm³/mol. The topological polar surface area (TPSA) is 15.6 Å². The third-order valence-corrected chi connectivity index (χ3v) is 3.90. The number of benzene rings is 1. The van der Waals surface area contributed by atoms with Crippen LogP contribution in [0, 0.1) is 0 Å². The molecule has 0 radical (unpaired) electrons. The molecule has 0 N–H and O–H groups in total. The van der Waals surface area contributed by atoms with Crippen molar-refractivity contribution < 1.29 is 0 Å². The van der Waals surface area contributed by atoms with Gasteiger partial charge >= 0.3 is 0 Å². The van der Waals surface area contributed by atoms with Crippen molar-refractivity contribution in [2.24, 2.45) is 4.99 Å². The molecule has 2 rings (SSSR count). The summed E-state index contributed by atoms with van der Waals surface area (Å²) in [5, 5.41) is 0. The number of likely N-dealkylation sites (N-methyl/N-ethyl adjacent to an activating group) is 1. The Hall–Kier alpha value is -1.80. The minimum atomic E-state index is 0.668. The zero-order valence-electron chi connectivity index (χ0n) is 13.5. The highest BCUT2D eigenvalue weighted by atomic mass is 35.5. The van der Waals surface area contributed by atoms with Gasteiger partial charge in [-0.15, -0.1) is 11.6 Å². The minimum Gasteiger partial charge on any atom is -0.336 e. The molecule has 1 aliphatic carbocycles. The fraction of sp³-hybridized carbons (Fsp3) is 0.316. The lowest BCUT2D eigenvalue weighted by atomic mass is 9.99. The number of alkyl halides is 1. The summed E-state index contributed by atoms with van der Waals surface area (Å²) in [6.45, 7) is 2.14. The van der Waals surface area contributed by atoms with E-state index in [1.165, 1.54) is 28.0 Å². The van der Waals surface area contributed by atoms with Gasteiger partial charge in [0.15, 0.2) is 0 Å². The lowest BCUT2D eigenvalue weighted by Crippen LogP contribution is -2.14. The van der Waals surface area contributed by atoms with E-state index in [1.807, 2.05) is 18.3 Å². The van der Waals surface area contributed by atoms with E-state index in [0.29, 0.717) is 5.88 Å². The summed E-state index contributed by atoms with van der Waals surface area (Å²) >= 11 is 5.79. The normalized spacial score (nSPS) is 15.2. The van der Waals surface area contributed by atoms with Crippen LogP contribution in [0.4, 0.5) is 0 Å². The van der Waals surface area contributed by atoms with Crippen molar-refractivity contribution in [1.29, 1.82) is 0 Å². The fourth-order valence-corrected chi connectivity index (χ4v) is 2.78. The number of aliphatic imine (C=N–C) groups is 1. The van der Waals surface area contributed by atoms with Crippen LogP contribution in [0.1, 0.15) is 24.5 Å². The van der Waals surface area contributed by atoms with Crippen LogP contribution >= 0.6 is 11.6 Å². The van der Waals surface area contributed by atoms with E-state index in [2.05, 4.69) is 54.4 Å². The van der Waals surface area contributed by atoms with Gasteiger partial charge in [0.05, 0.1) is 6.34 Å². The Bertz CT molecular complexity index is 621. The number of nitrogens with zero attached hydrogens (tertiary/aromatic N) is 2. The standard InChI is InChI=1S/C19H23ClN2/c1-15-12-18(8-9-19(13-15)22(3)14-21-2)17-6-4-16(5-7-17)10-11-20/h4-7,9,12-14H,8,10-11H2,1-3H3. The zero-order chi connectivity index (χ0) is 15.9. The molecule has 0 heterocycles. The van der Waals surface area contributed by atoms with Crippen LogP contribution in [0.5, 0.6) is 0 Å². The fourth-order valence-electron chi connectivity index (χ4n) is 2.56. The average Bonchev–Trinajstić information content (AvgIpc) is 2.70. The number of hydrogen-bond acceptors (Lipinski definition) is 1. The quantitative estimate of drug-likeness (QED) is 0.438. The summed E-state index contributed by atoms with van der Waals surface area (Å²) < 4.78 is 0. The van der Waals surface area contributed by atoms with Crippen LogP contribution in [0.2, 0.25) is 0 Å². The molecule has 1 aromatic carbocycles. The van der Waals surface area contributed by atoms with Crippen molar-refractivity contribution in [1.82, 2.24) is 4.90 Å². The molecular formula is C19H23ClN2. The molecule has 1 aromatic rings. The third-order valence-electron chi connectivity index (χ3n) is 3.71. The summed E-state index contributed by atoms with van der Waals surface area (Å²) in [7, 11) is 3.81. The zero-order valence-corrected chi connectivity index (χ0v) is 14.3. The van der Waals surface area contributed by atoms with Gasteiger partial charge < -0.3 is 4.90 Å². The van der Waals surface area contributed by atoms with E-state index in [1.54, 1.807) is 7.05 Å². The molecule has 0 unspecified atom stereocenters. The first-order valence-corrected chi connectivity index (χ1v) is 8.07. The van der Waals surface area contributed by atoms with Crippen LogP contribution in [0.3, 0.4) is 0 Å². The monoisotopic (exact) mass is 314 g/mol. The van der Waals surface area contributed by atoms with Gasteiger partial charge in [-0.1, -0.05) is 36.4 Å². The first-order chi connectivity index (χ1) is 10.6. The summed E-state index contributed by atoms with van der Waals surface area (Å²) in [5.41, 5.74) is 6.32. The van der Waals surface area contributed by atoms with Crippen LogP contribution in [0.25, 0.3) is 5.57 Å². The molecule has 0 bridgehead atoms. The first-order valence-electron chi connectivity index (χ1n) is 7.53. The number of aryl methyl sites for hydroxylation is 1. The molecule has 0 saturated carbocycles. The molecule has 0 amide bonds. The summed E-state index contributed by atoms with van der Waals surface area (Å²) in [5.74, 6) is 0.668. The van der Waals surface area contributed by atoms with E-state index in [-0.39, 0.29) is 0 Å². The smallest absolute Gasteiger partial charge is 0.0888 e. The second-order valence-electron chi connectivity index (χ2n) is 5.51. The molecule has 0 spiro atoms. The van der Waals surface area contributed by atoms with Crippen molar-refractivity contribution in [2.45, 2.75) is 19.8 Å². The molecule has 0 fully saturated rings. The minimum absolute atomic E-state index is 0.668. The highest BCUT2D eigenvalue weighted by Crippen LogP contribution is 2.26. The van der Waals surface area contributed by atoms with Crippen LogP contribution in [-0.2, 0) is 6.42 Å². The molecule has 3 heteroatoms. The molecule has 1 aliphatic rings. The Kier molecular flexibility index (Phi) is 6.02. The number of hydrogen-bond donors (Lipinski definition) is 0. The van der Waals surface area contributed by atoms with Gasteiger partial charge in [-0.05, 0) is 48.1 Å². The average molecular weight is 315 g/mol.